The Morgan fingerprint density at radius 1 is 0.700 bits per heavy atom. The van der Waals surface area contributed by atoms with Gasteiger partial charge in [0.2, 0.25) is 0 Å². The van der Waals surface area contributed by atoms with Gasteiger partial charge in [0.1, 0.15) is 4.90 Å². The van der Waals surface area contributed by atoms with Gasteiger partial charge in [-0.3, -0.25) is 9.44 Å². The van der Waals surface area contributed by atoms with Crippen LogP contribution in [0, 0.1) is 11.6 Å². The lowest BCUT2D eigenvalue weighted by molar-refractivity contribution is 0.504. The molecule has 30 heavy (non-hydrogen) atoms. The molecule has 0 radical (unpaired) electrons. The summed E-state index contributed by atoms with van der Waals surface area (Å²) < 4.78 is 81.1. The summed E-state index contributed by atoms with van der Waals surface area (Å²) >= 11 is 12.0. The number of hydrogen-bond acceptors (Lipinski definition) is 4. The van der Waals surface area contributed by atoms with Gasteiger partial charge in [0.15, 0.2) is 11.6 Å². The summed E-state index contributed by atoms with van der Waals surface area (Å²) in [6, 6.07) is 11.5. The predicted octanol–water partition coefficient (Wildman–Crippen LogP) is 4.87. The molecule has 12 heteroatoms. The summed E-state index contributed by atoms with van der Waals surface area (Å²) in [6.07, 6.45) is 0. The Bertz CT molecular complexity index is 1330. The van der Waals surface area contributed by atoms with E-state index in [0.29, 0.717) is 12.1 Å². The molecule has 3 aromatic carbocycles. The highest BCUT2D eigenvalue weighted by Crippen LogP contribution is 2.30. The standard InChI is InChI=1S/C18H12Cl2F2N2O4S2/c19-13-3-1-2-4-17(13)24-30(27,28)18-9-11(5-7-14(18)20)23-29(25,26)12-6-8-15(21)16(22)10-12/h1-10,23-24H. The smallest absolute Gasteiger partial charge is 0.263 e. The molecule has 0 atom stereocenters. The van der Waals surface area contributed by atoms with Gasteiger partial charge in [-0.1, -0.05) is 35.3 Å². The van der Waals surface area contributed by atoms with E-state index in [-0.39, 0.29) is 21.4 Å². The molecule has 0 aliphatic heterocycles. The number of benzene rings is 3. The van der Waals surface area contributed by atoms with Crippen molar-refractivity contribution in [1.29, 1.82) is 0 Å². The molecular formula is C18H12Cl2F2N2O4S2. The summed E-state index contributed by atoms with van der Waals surface area (Å²) in [5.74, 6) is -2.55. The first kappa shape index (κ1) is 22.3. The number of rotatable bonds is 6. The van der Waals surface area contributed by atoms with Gasteiger partial charge >= 0.3 is 0 Å². The van der Waals surface area contributed by atoms with Crippen LogP contribution in [0.25, 0.3) is 0 Å². The third-order valence-electron chi connectivity index (χ3n) is 3.79. The Hall–Kier alpha value is -2.40. The molecule has 0 fully saturated rings. The normalized spacial score (nSPS) is 11.9. The molecule has 0 heterocycles. The van der Waals surface area contributed by atoms with Crippen molar-refractivity contribution >= 4 is 54.6 Å². The van der Waals surface area contributed by atoms with Crippen molar-refractivity contribution in [3.8, 4) is 0 Å². The lowest BCUT2D eigenvalue weighted by Crippen LogP contribution is -2.16. The summed E-state index contributed by atoms with van der Waals surface area (Å²) in [6.45, 7) is 0. The summed E-state index contributed by atoms with van der Waals surface area (Å²) in [7, 11) is -8.56. The maximum Gasteiger partial charge on any atom is 0.263 e. The minimum absolute atomic E-state index is 0.100. The molecule has 0 aliphatic rings. The van der Waals surface area contributed by atoms with Gasteiger partial charge in [0, 0.05) is 0 Å². The fourth-order valence-electron chi connectivity index (χ4n) is 2.37. The zero-order valence-electron chi connectivity index (χ0n) is 14.7. The molecule has 3 rings (SSSR count). The van der Waals surface area contributed by atoms with Gasteiger partial charge in [-0.15, -0.1) is 0 Å². The number of hydrogen-bond donors (Lipinski definition) is 2. The first-order valence-corrected chi connectivity index (χ1v) is 11.8. The second kappa shape index (κ2) is 8.38. The first-order chi connectivity index (χ1) is 14.0. The third-order valence-corrected chi connectivity index (χ3v) is 7.35. The molecule has 6 nitrogen and oxygen atoms in total. The second-order valence-corrected chi connectivity index (χ2v) is 10.1. The van der Waals surface area contributed by atoms with Crippen molar-refractivity contribution in [3.63, 3.8) is 0 Å². The molecule has 0 spiro atoms. The average molecular weight is 493 g/mol. The number of halogens is 4. The van der Waals surface area contributed by atoms with E-state index >= 15 is 0 Å². The van der Waals surface area contributed by atoms with E-state index in [4.69, 9.17) is 23.2 Å². The monoisotopic (exact) mass is 492 g/mol. The van der Waals surface area contributed by atoms with Crippen LogP contribution in [0.15, 0.2) is 70.5 Å². The van der Waals surface area contributed by atoms with Crippen LogP contribution in [0.2, 0.25) is 10.0 Å². The van der Waals surface area contributed by atoms with E-state index in [1.807, 2.05) is 0 Å². The van der Waals surface area contributed by atoms with Gasteiger partial charge in [-0.25, -0.2) is 25.6 Å². The van der Waals surface area contributed by atoms with Gasteiger partial charge in [-0.05, 0) is 48.5 Å². The van der Waals surface area contributed by atoms with Crippen LogP contribution >= 0.6 is 23.2 Å². The Balaban J connectivity index is 1.95. The molecule has 0 unspecified atom stereocenters. The fourth-order valence-corrected chi connectivity index (χ4v) is 5.28. The van der Waals surface area contributed by atoms with Crippen molar-refractivity contribution in [2.24, 2.45) is 0 Å². The highest BCUT2D eigenvalue weighted by molar-refractivity contribution is 7.93. The lowest BCUT2D eigenvalue weighted by Gasteiger charge is -2.13. The van der Waals surface area contributed by atoms with Crippen LogP contribution < -0.4 is 9.44 Å². The first-order valence-electron chi connectivity index (χ1n) is 8.04. The van der Waals surface area contributed by atoms with E-state index in [0.717, 1.165) is 12.1 Å². The minimum atomic E-state index is -4.33. The van der Waals surface area contributed by atoms with Gasteiger partial charge in [-0.2, -0.15) is 0 Å². The van der Waals surface area contributed by atoms with Crippen molar-refractivity contribution in [1.82, 2.24) is 0 Å². The molecule has 0 bridgehead atoms. The summed E-state index contributed by atoms with van der Waals surface area (Å²) in [5, 5.41) is -0.0299. The van der Waals surface area contributed by atoms with E-state index in [1.54, 1.807) is 12.1 Å². The van der Waals surface area contributed by atoms with Crippen LogP contribution in [-0.2, 0) is 20.0 Å². The van der Waals surface area contributed by atoms with Gasteiger partial charge in [0.25, 0.3) is 20.0 Å². The molecule has 158 valence electrons. The van der Waals surface area contributed by atoms with Crippen molar-refractivity contribution in [3.05, 3.63) is 82.3 Å². The zero-order chi connectivity index (χ0) is 22.1. The van der Waals surface area contributed by atoms with Crippen LogP contribution in [0.1, 0.15) is 0 Å². The molecule has 2 N–H and O–H groups in total. The van der Waals surface area contributed by atoms with Crippen molar-refractivity contribution in [2.45, 2.75) is 9.79 Å². The Kier molecular flexibility index (Phi) is 6.23. The maximum atomic E-state index is 13.4. The molecule has 0 saturated carbocycles. The Labute approximate surface area is 181 Å². The molecular weight excluding hydrogens is 481 g/mol. The number of sulfonamides is 2. The average Bonchev–Trinajstić information content (AvgIpc) is 2.67. The highest BCUT2D eigenvalue weighted by Gasteiger charge is 2.22. The molecule has 0 aromatic heterocycles. The largest absolute Gasteiger partial charge is 0.280 e. The predicted molar refractivity (Wildman–Crippen MR) is 111 cm³/mol. The van der Waals surface area contributed by atoms with Crippen molar-refractivity contribution in [2.75, 3.05) is 9.44 Å². The lowest BCUT2D eigenvalue weighted by atomic mass is 10.3. The van der Waals surface area contributed by atoms with Gasteiger partial charge in [0.05, 0.1) is 26.3 Å². The summed E-state index contributed by atoms with van der Waals surface area (Å²) in [5.41, 5.74) is -0.0633. The van der Waals surface area contributed by atoms with Gasteiger partial charge < -0.3 is 0 Å². The van der Waals surface area contributed by atoms with Crippen molar-refractivity contribution < 1.29 is 25.6 Å². The summed E-state index contributed by atoms with van der Waals surface area (Å²) in [4.78, 5) is -0.968. The van der Waals surface area contributed by atoms with Crippen LogP contribution in [0.3, 0.4) is 0 Å². The molecule has 3 aromatic rings. The number of nitrogens with one attached hydrogen (secondary N) is 2. The van der Waals surface area contributed by atoms with E-state index in [9.17, 15) is 25.6 Å². The third kappa shape index (κ3) is 4.84. The minimum Gasteiger partial charge on any atom is -0.280 e. The fraction of sp³-hybridized carbons (Fsp3) is 0. The molecule has 0 saturated heterocycles. The van der Waals surface area contributed by atoms with E-state index in [2.05, 4.69) is 9.44 Å². The zero-order valence-corrected chi connectivity index (χ0v) is 17.9. The quantitative estimate of drug-likeness (QED) is 0.513. The number of anilines is 2. The Morgan fingerprint density at radius 3 is 2.07 bits per heavy atom. The topological polar surface area (TPSA) is 92.3 Å². The van der Waals surface area contributed by atoms with E-state index < -0.39 is 41.5 Å². The molecule has 0 amide bonds. The SMILES string of the molecule is O=S(=O)(Nc1ccc(Cl)c(S(=O)(=O)Nc2ccccc2Cl)c1)c1ccc(F)c(F)c1. The Morgan fingerprint density at radius 2 is 1.40 bits per heavy atom. The maximum absolute atomic E-state index is 13.4. The van der Waals surface area contributed by atoms with Crippen LogP contribution in [0.4, 0.5) is 20.2 Å². The van der Waals surface area contributed by atoms with E-state index in [1.165, 1.54) is 24.3 Å². The second-order valence-electron chi connectivity index (χ2n) is 5.91. The molecule has 0 aliphatic carbocycles. The number of para-hydroxylation sites is 1. The highest BCUT2D eigenvalue weighted by atomic mass is 35.5. The van der Waals surface area contributed by atoms with Crippen LogP contribution in [0.5, 0.6) is 0 Å². The van der Waals surface area contributed by atoms with Crippen LogP contribution in [-0.4, -0.2) is 16.8 Å².